The Morgan fingerprint density at radius 3 is 2.63 bits per heavy atom. The molecule has 19 heavy (non-hydrogen) atoms. The van der Waals surface area contributed by atoms with Crippen LogP contribution in [0, 0.1) is 0 Å². The van der Waals surface area contributed by atoms with Gasteiger partial charge in [-0.2, -0.15) is 0 Å². The fourth-order valence-corrected chi connectivity index (χ4v) is 2.15. The highest BCUT2D eigenvalue weighted by Crippen LogP contribution is 2.18. The number of carbonyl (C=O) groups is 2. The maximum Gasteiger partial charge on any atom is 0.303 e. The SMILES string of the molecule is CC(NC(=O)CCCCC(=O)O)c1cccc(Br)c1. The quantitative estimate of drug-likeness (QED) is 0.755. The van der Waals surface area contributed by atoms with Crippen molar-refractivity contribution in [1.29, 1.82) is 0 Å². The Morgan fingerprint density at radius 1 is 1.32 bits per heavy atom. The molecule has 0 saturated heterocycles. The van der Waals surface area contributed by atoms with E-state index in [2.05, 4.69) is 21.2 Å². The molecule has 2 N–H and O–H groups in total. The molecule has 0 fully saturated rings. The molecule has 4 nitrogen and oxygen atoms in total. The Hall–Kier alpha value is -1.36. The number of aliphatic carboxylic acids is 1. The van der Waals surface area contributed by atoms with Gasteiger partial charge in [0.1, 0.15) is 0 Å². The van der Waals surface area contributed by atoms with E-state index in [4.69, 9.17) is 5.11 Å². The number of unbranched alkanes of at least 4 members (excludes halogenated alkanes) is 1. The number of hydrogen-bond donors (Lipinski definition) is 2. The van der Waals surface area contributed by atoms with E-state index in [-0.39, 0.29) is 18.4 Å². The smallest absolute Gasteiger partial charge is 0.303 e. The molecular formula is C14H18BrNO3. The Morgan fingerprint density at radius 2 is 2.00 bits per heavy atom. The summed E-state index contributed by atoms with van der Waals surface area (Å²) < 4.78 is 0.979. The lowest BCUT2D eigenvalue weighted by Gasteiger charge is -2.14. The van der Waals surface area contributed by atoms with E-state index in [0.29, 0.717) is 19.3 Å². The van der Waals surface area contributed by atoms with Crippen molar-refractivity contribution in [2.45, 2.75) is 38.6 Å². The van der Waals surface area contributed by atoms with Crippen LogP contribution in [0.2, 0.25) is 0 Å². The van der Waals surface area contributed by atoms with E-state index in [1.165, 1.54) is 0 Å². The highest BCUT2D eigenvalue weighted by atomic mass is 79.9. The number of rotatable bonds is 7. The van der Waals surface area contributed by atoms with E-state index in [1.807, 2.05) is 31.2 Å². The van der Waals surface area contributed by atoms with Crippen LogP contribution in [0.5, 0.6) is 0 Å². The van der Waals surface area contributed by atoms with Crippen molar-refractivity contribution in [3.05, 3.63) is 34.3 Å². The van der Waals surface area contributed by atoms with Crippen LogP contribution < -0.4 is 5.32 Å². The van der Waals surface area contributed by atoms with Gasteiger partial charge in [0.2, 0.25) is 5.91 Å². The average Bonchev–Trinajstić information content (AvgIpc) is 2.34. The van der Waals surface area contributed by atoms with Crippen LogP contribution in [0.25, 0.3) is 0 Å². The van der Waals surface area contributed by atoms with Crippen molar-refractivity contribution in [3.8, 4) is 0 Å². The summed E-state index contributed by atoms with van der Waals surface area (Å²) in [6, 6.07) is 7.73. The Labute approximate surface area is 121 Å². The highest BCUT2D eigenvalue weighted by molar-refractivity contribution is 9.10. The van der Waals surface area contributed by atoms with Crippen molar-refractivity contribution in [3.63, 3.8) is 0 Å². The molecule has 0 aliphatic heterocycles. The molecule has 0 saturated carbocycles. The molecule has 0 heterocycles. The largest absolute Gasteiger partial charge is 0.481 e. The monoisotopic (exact) mass is 327 g/mol. The van der Waals surface area contributed by atoms with Gasteiger partial charge in [0, 0.05) is 17.3 Å². The Balaban J connectivity index is 2.34. The predicted molar refractivity (Wildman–Crippen MR) is 76.8 cm³/mol. The summed E-state index contributed by atoms with van der Waals surface area (Å²) in [5.74, 6) is -0.860. The van der Waals surface area contributed by atoms with Gasteiger partial charge in [0.05, 0.1) is 6.04 Å². The second-order valence-corrected chi connectivity index (χ2v) is 5.36. The van der Waals surface area contributed by atoms with Crippen LogP contribution in [0.15, 0.2) is 28.7 Å². The summed E-state index contributed by atoms with van der Waals surface area (Å²) in [5.41, 5.74) is 1.04. The molecule has 1 aromatic carbocycles. The van der Waals surface area contributed by atoms with E-state index in [9.17, 15) is 9.59 Å². The van der Waals surface area contributed by atoms with E-state index in [1.54, 1.807) is 0 Å². The highest BCUT2D eigenvalue weighted by Gasteiger charge is 2.09. The first-order valence-electron chi connectivity index (χ1n) is 6.25. The van der Waals surface area contributed by atoms with Gasteiger partial charge in [-0.25, -0.2) is 0 Å². The number of carbonyl (C=O) groups excluding carboxylic acids is 1. The Kier molecular flexibility index (Phi) is 6.56. The second-order valence-electron chi connectivity index (χ2n) is 4.45. The van der Waals surface area contributed by atoms with E-state index < -0.39 is 5.97 Å². The van der Waals surface area contributed by atoms with Gasteiger partial charge in [-0.15, -0.1) is 0 Å². The van der Waals surface area contributed by atoms with Crippen molar-refractivity contribution >= 4 is 27.8 Å². The minimum atomic E-state index is -0.817. The molecule has 5 heteroatoms. The van der Waals surface area contributed by atoms with Crippen LogP contribution in [0.1, 0.15) is 44.2 Å². The molecule has 0 aliphatic carbocycles. The molecule has 104 valence electrons. The lowest BCUT2D eigenvalue weighted by atomic mass is 10.1. The molecule has 1 aromatic rings. The zero-order chi connectivity index (χ0) is 14.3. The maximum absolute atomic E-state index is 11.7. The van der Waals surface area contributed by atoms with Crippen LogP contribution in [-0.2, 0) is 9.59 Å². The Bertz CT molecular complexity index is 448. The lowest BCUT2D eigenvalue weighted by molar-refractivity contribution is -0.137. The first-order chi connectivity index (χ1) is 8.99. The molecule has 0 aromatic heterocycles. The molecule has 1 amide bonds. The van der Waals surface area contributed by atoms with Crippen LogP contribution in [0.4, 0.5) is 0 Å². The molecule has 1 atom stereocenters. The van der Waals surface area contributed by atoms with E-state index >= 15 is 0 Å². The van der Waals surface area contributed by atoms with Gasteiger partial charge in [-0.05, 0) is 37.5 Å². The normalized spacial score (nSPS) is 11.9. The second kappa shape index (κ2) is 7.94. The summed E-state index contributed by atoms with van der Waals surface area (Å²) in [4.78, 5) is 22.0. The standard InChI is InChI=1S/C14H18BrNO3/c1-10(11-5-4-6-12(15)9-11)16-13(17)7-2-3-8-14(18)19/h4-6,9-10H,2-3,7-8H2,1H3,(H,16,17)(H,18,19). The third-order valence-electron chi connectivity index (χ3n) is 2.77. The number of carboxylic acid groups (broad SMARTS) is 1. The van der Waals surface area contributed by atoms with Crippen molar-refractivity contribution in [1.82, 2.24) is 5.32 Å². The molecular weight excluding hydrogens is 310 g/mol. The summed E-state index contributed by atoms with van der Waals surface area (Å²) in [5, 5.41) is 11.4. The number of benzene rings is 1. The van der Waals surface area contributed by atoms with Gasteiger partial charge in [0.15, 0.2) is 0 Å². The van der Waals surface area contributed by atoms with Gasteiger partial charge in [-0.3, -0.25) is 9.59 Å². The zero-order valence-corrected chi connectivity index (χ0v) is 12.4. The molecule has 0 radical (unpaired) electrons. The summed E-state index contributed by atoms with van der Waals surface area (Å²) in [6.45, 7) is 1.93. The fraction of sp³-hybridized carbons (Fsp3) is 0.429. The first kappa shape index (κ1) is 15.7. The number of hydrogen-bond acceptors (Lipinski definition) is 2. The maximum atomic E-state index is 11.7. The predicted octanol–water partition coefficient (Wildman–Crippen LogP) is 3.27. The third-order valence-corrected chi connectivity index (χ3v) is 3.26. The zero-order valence-electron chi connectivity index (χ0n) is 10.9. The van der Waals surface area contributed by atoms with E-state index in [0.717, 1.165) is 10.0 Å². The van der Waals surface area contributed by atoms with Crippen LogP contribution in [-0.4, -0.2) is 17.0 Å². The van der Waals surface area contributed by atoms with Crippen LogP contribution >= 0.6 is 15.9 Å². The number of nitrogens with one attached hydrogen (secondary N) is 1. The summed E-state index contributed by atoms with van der Waals surface area (Å²) in [6.07, 6.45) is 1.62. The molecule has 1 rings (SSSR count). The third kappa shape index (κ3) is 6.38. The van der Waals surface area contributed by atoms with Crippen LogP contribution in [0.3, 0.4) is 0 Å². The molecule has 0 bridgehead atoms. The molecule has 1 unspecified atom stereocenters. The van der Waals surface area contributed by atoms with Gasteiger partial charge < -0.3 is 10.4 Å². The molecule has 0 aliphatic rings. The van der Waals surface area contributed by atoms with Crippen molar-refractivity contribution < 1.29 is 14.7 Å². The first-order valence-corrected chi connectivity index (χ1v) is 7.05. The number of halogens is 1. The minimum Gasteiger partial charge on any atom is -0.481 e. The minimum absolute atomic E-state index is 0.0436. The topological polar surface area (TPSA) is 66.4 Å². The summed E-state index contributed by atoms with van der Waals surface area (Å²) in [7, 11) is 0. The fourth-order valence-electron chi connectivity index (χ4n) is 1.73. The van der Waals surface area contributed by atoms with Gasteiger partial charge in [0.25, 0.3) is 0 Å². The summed E-state index contributed by atoms with van der Waals surface area (Å²) >= 11 is 3.39. The van der Waals surface area contributed by atoms with Crippen molar-refractivity contribution in [2.24, 2.45) is 0 Å². The van der Waals surface area contributed by atoms with Crippen molar-refractivity contribution in [2.75, 3.05) is 0 Å². The number of amides is 1. The molecule has 0 spiro atoms. The number of carboxylic acids is 1. The van der Waals surface area contributed by atoms with Gasteiger partial charge in [-0.1, -0.05) is 28.1 Å². The average molecular weight is 328 g/mol. The van der Waals surface area contributed by atoms with Gasteiger partial charge >= 0.3 is 5.97 Å². The lowest BCUT2D eigenvalue weighted by Crippen LogP contribution is -2.26.